The number of anilines is 1. The van der Waals surface area contributed by atoms with E-state index in [4.69, 9.17) is 5.26 Å². The third-order valence-electron chi connectivity index (χ3n) is 3.98. The predicted molar refractivity (Wildman–Crippen MR) is 87.6 cm³/mol. The molecule has 1 aromatic rings. The Morgan fingerprint density at radius 2 is 1.82 bits per heavy atom. The highest BCUT2D eigenvalue weighted by Crippen LogP contribution is 2.13. The first-order valence-corrected chi connectivity index (χ1v) is 7.96. The average Bonchev–Trinajstić information content (AvgIpc) is 2.55. The van der Waals surface area contributed by atoms with Crippen LogP contribution in [-0.2, 0) is 4.79 Å². The van der Waals surface area contributed by atoms with E-state index in [1.807, 2.05) is 6.07 Å². The molecule has 0 bridgehead atoms. The molecule has 1 aromatic carbocycles. The van der Waals surface area contributed by atoms with Gasteiger partial charge in [0, 0.05) is 39.1 Å². The molecule has 0 radical (unpaired) electrons. The summed E-state index contributed by atoms with van der Waals surface area (Å²) < 4.78 is 0. The third kappa shape index (κ3) is 4.83. The Bertz CT molecular complexity index is 530. The summed E-state index contributed by atoms with van der Waals surface area (Å²) in [4.78, 5) is 16.8. The number of carbonyl (C=O) groups excluding carboxylic acids is 1. The van der Waals surface area contributed by atoms with Crippen molar-refractivity contribution in [2.45, 2.75) is 19.8 Å². The Balaban J connectivity index is 1.74. The number of amides is 1. The van der Waals surface area contributed by atoms with Crippen molar-refractivity contribution in [3.63, 3.8) is 0 Å². The first-order valence-electron chi connectivity index (χ1n) is 7.96. The molecule has 1 aliphatic rings. The number of carbonyl (C=O) groups is 1. The largest absolute Gasteiger partial charge is 0.325 e. The third-order valence-corrected chi connectivity index (χ3v) is 3.98. The van der Waals surface area contributed by atoms with Crippen molar-refractivity contribution in [3.05, 3.63) is 29.8 Å². The lowest BCUT2D eigenvalue weighted by atomic mass is 10.2. The lowest BCUT2D eigenvalue weighted by Crippen LogP contribution is -2.47. The van der Waals surface area contributed by atoms with Gasteiger partial charge in [-0.05, 0) is 25.1 Å². The molecule has 0 aromatic heterocycles. The lowest BCUT2D eigenvalue weighted by Gasteiger charge is -2.34. The highest BCUT2D eigenvalue weighted by Gasteiger charge is 2.16. The summed E-state index contributed by atoms with van der Waals surface area (Å²) in [5.41, 5.74) is 1.10. The number of para-hydroxylation sites is 1. The van der Waals surface area contributed by atoms with Crippen molar-refractivity contribution in [3.8, 4) is 6.07 Å². The summed E-state index contributed by atoms with van der Waals surface area (Å²) in [6.07, 6.45) is 1.66. The van der Waals surface area contributed by atoms with E-state index in [0.29, 0.717) is 17.7 Å². The molecule has 0 unspecified atom stereocenters. The SMILES string of the molecule is CCCN1CCN(CCC(=O)Nc2ccccc2C#N)CC1. The number of piperazine rings is 1. The van der Waals surface area contributed by atoms with Gasteiger partial charge in [0.1, 0.15) is 6.07 Å². The van der Waals surface area contributed by atoms with Gasteiger partial charge in [-0.25, -0.2) is 0 Å². The van der Waals surface area contributed by atoms with Gasteiger partial charge >= 0.3 is 0 Å². The van der Waals surface area contributed by atoms with E-state index in [2.05, 4.69) is 28.1 Å². The molecule has 1 N–H and O–H groups in total. The summed E-state index contributed by atoms with van der Waals surface area (Å²) >= 11 is 0. The van der Waals surface area contributed by atoms with Crippen LogP contribution in [0.3, 0.4) is 0 Å². The van der Waals surface area contributed by atoms with Crippen LogP contribution in [0.1, 0.15) is 25.3 Å². The van der Waals surface area contributed by atoms with Gasteiger partial charge in [0.15, 0.2) is 0 Å². The topological polar surface area (TPSA) is 59.4 Å². The molecule has 5 nitrogen and oxygen atoms in total. The molecule has 0 saturated carbocycles. The van der Waals surface area contributed by atoms with Gasteiger partial charge in [-0.3, -0.25) is 4.79 Å². The van der Waals surface area contributed by atoms with Gasteiger partial charge in [-0.2, -0.15) is 5.26 Å². The van der Waals surface area contributed by atoms with E-state index in [1.165, 1.54) is 13.0 Å². The fourth-order valence-electron chi connectivity index (χ4n) is 2.71. The molecule has 0 spiro atoms. The van der Waals surface area contributed by atoms with Crippen molar-refractivity contribution in [2.24, 2.45) is 0 Å². The van der Waals surface area contributed by atoms with Crippen LogP contribution >= 0.6 is 0 Å². The minimum Gasteiger partial charge on any atom is -0.325 e. The summed E-state index contributed by atoms with van der Waals surface area (Å²) in [5.74, 6) is -0.0290. The molecule has 5 heteroatoms. The molecular weight excluding hydrogens is 276 g/mol. The van der Waals surface area contributed by atoms with E-state index in [-0.39, 0.29) is 5.91 Å². The molecule has 22 heavy (non-hydrogen) atoms. The molecule has 1 aliphatic heterocycles. The zero-order chi connectivity index (χ0) is 15.8. The highest BCUT2D eigenvalue weighted by molar-refractivity contribution is 5.92. The second kappa shape index (κ2) is 8.52. The first-order chi connectivity index (χ1) is 10.7. The van der Waals surface area contributed by atoms with Crippen LogP contribution in [0.4, 0.5) is 5.69 Å². The van der Waals surface area contributed by atoms with Crippen molar-refractivity contribution < 1.29 is 4.79 Å². The van der Waals surface area contributed by atoms with Crippen LogP contribution in [0, 0.1) is 11.3 Å². The Morgan fingerprint density at radius 1 is 1.18 bits per heavy atom. The summed E-state index contributed by atoms with van der Waals surface area (Å²) in [6, 6.07) is 9.19. The minimum absolute atomic E-state index is 0.0290. The van der Waals surface area contributed by atoms with Gasteiger partial charge < -0.3 is 15.1 Å². The van der Waals surface area contributed by atoms with Crippen LogP contribution in [0.15, 0.2) is 24.3 Å². The van der Waals surface area contributed by atoms with Gasteiger partial charge in [-0.15, -0.1) is 0 Å². The Kier molecular flexibility index (Phi) is 6.38. The van der Waals surface area contributed by atoms with Crippen LogP contribution in [0.2, 0.25) is 0 Å². The van der Waals surface area contributed by atoms with E-state index < -0.39 is 0 Å². The van der Waals surface area contributed by atoms with Gasteiger partial charge in [0.2, 0.25) is 5.91 Å². The van der Waals surface area contributed by atoms with Crippen molar-refractivity contribution in [1.82, 2.24) is 9.80 Å². The maximum atomic E-state index is 12.0. The molecule has 1 fully saturated rings. The van der Waals surface area contributed by atoms with E-state index >= 15 is 0 Å². The standard InChI is InChI=1S/C17H24N4O/c1-2-8-20-10-12-21(13-11-20)9-7-17(22)19-16-6-4-3-5-15(16)14-18/h3-6H,2,7-13H2,1H3,(H,19,22). The number of nitrogens with zero attached hydrogens (tertiary/aromatic N) is 3. The molecule has 118 valence electrons. The number of nitriles is 1. The zero-order valence-corrected chi connectivity index (χ0v) is 13.2. The molecule has 0 atom stereocenters. The van der Waals surface area contributed by atoms with E-state index in [0.717, 1.165) is 32.7 Å². The van der Waals surface area contributed by atoms with Crippen molar-refractivity contribution >= 4 is 11.6 Å². The maximum absolute atomic E-state index is 12.0. The zero-order valence-electron chi connectivity index (χ0n) is 13.2. The number of nitrogens with one attached hydrogen (secondary N) is 1. The van der Waals surface area contributed by atoms with E-state index in [1.54, 1.807) is 18.2 Å². The fourth-order valence-corrected chi connectivity index (χ4v) is 2.71. The normalized spacial score (nSPS) is 16.2. The molecule has 2 rings (SSSR count). The van der Waals surface area contributed by atoms with Gasteiger partial charge in [-0.1, -0.05) is 19.1 Å². The Morgan fingerprint density at radius 3 is 2.45 bits per heavy atom. The number of rotatable bonds is 6. The van der Waals surface area contributed by atoms with Crippen LogP contribution in [0.5, 0.6) is 0 Å². The predicted octanol–water partition coefficient (Wildman–Crippen LogP) is 1.91. The number of hydrogen-bond acceptors (Lipinski definition) is 4. The summed E-state index contributed by atoms with van der Waals surface area (Å²) in [5, 5.41) is 11.9. The average molecular weight is 300 g/mol. The van der Waals surface area contributed by atoms with Gasteiger partial charge in [0.05, 0.1) is 11.3 Å². The number of benzene rings is 1. The van der Waals surface area contributed by atoms with E-state index in [9.17, 15) is 4.79 Å². The Hall–Kier alpha value is -1.90. The summed E-state index contributed by atoms with van der Waals surface area (Å²) in [6.45, 7) is 8.39. The monoisotopic (exact) mass is 300 g/mol. The fraction of sp³-hybridized carbons (Fsp3) is 0.529. The second-order valence-corrected chi connectivity index (χ2v) is 5.64. The Labute approximate surface area is 132 Å². The highest BCUT2D eigenvalue weighted by atomic mass is 16.1. The molecule has 1 amide bonds. The quantitative estimate of drug-likeness (QED) is 0.872. The molecule has 0 aliphatic carbocycles. The molecule has 1 saturated heterocycles. The lowest BCUT2D eigenvalue weighted by molar-refractivity contribution is -0.116. The van der Waals surface area contributed by atoms with Crippen molar-refractivity contribution in [2.75, 3.05) is 44.6 Å². The smallest absolute Gasteiger partial charge is 0.225 e. The maximum Gasteiger partial charge on any atom is 0.225 e. The molecule has 1 heterocycles. The minimum atomic E-state index is -0.0290. The summed E-state index contributed by atoms with van der Waals surface area (Å²) in [7, 11) is 0. The number of hydrogen-bond donors (Lipinski definition) is 1. The second-order valence-electron chi connectivity index (χ2n) is 5.64. The van der Waals surface area contributed by atoms with Gasteiger partial charge in [0.25, 0.3) is 0 Å². The first kappa shape index (κ1) is 16.5. The van der Waals surface area contributed by atoms with Crippen LogP contribution in [0.25, 0.3) is 0 Å². The molecular formula is C17H24N4O. The van der Waals surface area contributed by atoms with Crippen LogP contribution in [-0.4, -0.2) is 55.0 Å². The van der Waals surface area contributed by atoms with Crippen molar-refractivity contribution in [1.29, 1.82) is 5.26 Å². The van der Waals surface area contributed by atoms with Crippen LogP contribution < -0.4 is 5.32 Å².